The third kappa shape index (κ3) is 4.60. The fourth-order valence-corrected chi connectivity index (χ4v) is 1.61. The van der Waals surface area contributed by atoms with Crippen LogP contribution in [0.3, 0.4) is 0 Å². The van der Waals surface area contributed by atoms with Crippen molar-refractivity contribution in [3.63, 3.8) is 0 Å². The number of carbonyl (C=O) groups is 1. The molecule has 0 saturated heterocycles. The first-order valence-electron chi connectivity index (χ1n) is 6.08. The molecule has 1 aromatic rings. The molecule has 1 amide bonds. The molecule has 0 aromatic heterocycles. The van der Waals surface area contributed by atoms with E-state index in [1.807, 2.05) is 31.0 Å². The molecule has 0 spiro atoms. The highest BCUT2D eigenvalue weighted by atomic mass is 16.5. The minimum atomic E-state index is -0.128. The van der Waals surface area contributed by atoms with Gasteiger partial charge in [0.2, 0.25) is 5.91 Å². The molecule has 5 heteroatoms. The van der Waals surface area contributed by atoms with Gasteiger partial charge in [-0.3, -0.25) is 9.69 Å². The van der Waals surface area contributed by atoms with E-state index < -0.39 is 0 Å². The Hall–Kier alpha value is -2.06. The average Bonchev–Trinajstić information content (AvgIpc) is 2.39. The number of benzene rings is 1. The molecule has 1 unspecified atom stereocenters. The lowest BCUT2D eigenvalue weighted by atomic mass is 10.2. The molecule has 0 bridgehead atoms. The Labute approximate surface area is 113 Å². The molecule has 5 nitrogen and oxygen atoms in total. The average molecular weight is 261 g/mol. The van der Waals surface area contributed by atoms with Gasteiger partial charge < -0.3 is 10.1 Å². The molecule has 1 N–H and O–H groups in total. The molecule has 1 atom stereocenters. The summed E-state index contributed by atoms with van der Waals surface area (Å²) in [5, 5.41) is 11.4. The van der Waals surface area contributed by atoms with E-state index in [4.69, 9.17) is 10.00 Å². The molecule has 0 heterocycles. The van der Waals surface area contributed by atoms with Crippen LogP contribution < -0.4 is 10.1 Å². The number of para-hydroxylation sites is 2. The summed E-state index contributed by atoms with van der Waals surface area (Å²) in [6, 6.07) is 9.40. The number of likely N-dealkylation sites (N-methyl/N-ethyl adjacent to an activating group) is 1. The van der Waals surface area contributed by atoms with Crippen molar-refractivity contribution in [1.82, 2.24) is 4.90 Å². The summed E-state index contributed by atoms with van der Waals surface area (Å²) in [6.45, 7) is 2.15. The second-order valence-corrected chi connectivity index (χ2v) is 4.37. The largest absolute Gasteiger partial charge is 0.495 e. The fourth-order valence-electron chi connectivity index (χ4n) is 1.61. The Balaban J connectivity index is 2.58. The van der Waals surface area contributed by atoms with Crippen molar-refractivity contribution in [2.45, 2.75) is 19.4 Å². The maximum absolute atomic E-state index is 11.9. The molecule has 1 rings (SSSR count). The quantitative estimate of drug-likeness (QED) is 0.849. The molecular weight excluding hydrogens is 242 g/mol. The van der Waals surface area contributed by atoms with Gasteiger partial charge in [0, 0.05) is 6.04 Å². The Morgan fingerprint density at radius 2 is 2.21 bits per heavy atom. The van der Waals surface area contributed by atoms with Crippen LogP contribution in [0.25, 0.3) is 0 Å². The number of carbonyl (C=O) groups excluding carboxylic acids is 1. The van der Waals surface area contributed by atoms with Crippen LogP contribution in [0.5, 0.6) is 5.75 Å². The second-order valence-electron chi connectivity index (χ2n) is 4.37. The lowest BCUT2D eigenvalue weighted by molar-refractivity contribution is -0.117. The van der Waals surface area contributed by atoms with Crippen molar-refractivity contribution < 1.29 is 9.53 Å². The molecule has 19 heavy (non-hydrogen) atoms. The van der Waals surface area contributed by atoms with E-state index in [9.17, 15) is 4.79 Å². The monoisotopic (exact) mass is 261 g/mol. The minimum absolute atomic E-state index is 0.0495. The maximum Gasteiger partial charge on any atom is 0.238 e. The summed E-state index contributed by atoms with van der Waals surface area (Å²) < 4.78 is 5.17. The zero-order valence-electron chi connectivity index (χ0n) is 11.5. The first-order chi connectivity index (χ1) is 9.08. The molecule has 102 valence electrons. The van der Waals surface area contributed by atoms with Crippen molar-refractivity contribution in [3.8, 4) is 11.8 Å². The van der Waals surface area contributed by atoms with E-state index in [0.29, 0.717) is 17.9 Å². The first kappa shape index (κ1) is 15.0. The van der Waals surface area contributed by atoms with Crippen LogP contribution in [0.15, 0.2) is 24.3 Å². The van der Waals surface area contributed by atoms with Crippen LogP contribution in [0.1, 0.15) is 13.3 Å². The minimum Gasteiger partial charge on any atom is -0.495 e. The zero-order valence-corrected chi connectivity index (χ0v) is 11.5. The normalized spacial score (nSPS) is 11.7. The number of nitrogens with one attached hydrogen (secondary N) is 1. The van der Waals surface area contributed by atoms with E-state index in [1.54, 1.807) is 19.2 Å². The van der Waals surface area contributed by atoms with Gasteiger partial charge >= 0.3 is 0 Å². The molecule has 0 radical (unpaired) electrons. The molecule has 0 saturated carbocycles. The van der Waals surface area contributed by atoms with Gasteiger partial charge in [0.1, 0.15) is 5.75 Å². The van der Waals surface area contributed by atoms with Gasteiger partial charge in [0.05, 0.1) is 31.8 Å². The molecule has 0 aliphatic carbocycles. The van der Waals surface area contributed by atoms with Crippen LogP contribution in [0.2, 0.25) is 0 Å². The number of nitrogens with zero attached hydrogens (tertiary/aromatic N) is 2. The third-order valence-corrected chi connectivity index (χ3v) is 2.91. The van der Waals surface area contributed by atoms with E-state index in [2.05, 4.69) is 11.4 Å². The van der Waals surface area contributed by atoms with Crippen molar-refractivity contribution in [2.75, 3.05) is 26.0 Å². The van der Waals surface area contributed by atoms with Crippen LogP contribution in [0, 0.1) is 11.3 Å². The maximum atomic E-state index is 11.9. The van der Waals surface area contributed by atoms with Crippen LogP contribution in [-0.4, -0.2) is 37.6 Å². The van der Waals surface area contributed by atoms with Gasteiger partial charge in [-0.1, -0.05) is 12.1 Å². The summed E-state index contributed by atoms with van der Waals surface area (Å²) >= 11 is 0. The van der Waals surface area contributed by atoms with E-state index in [0.717, 1.165) is 0 Å². The Morgan fingerprint density at radius 3 is 2.84 bits per heavy atom. The highest BCUT2D eigenvalue weighted by Gasteiger charge is 2.13. The van der Waals surface area contributed by atoms with E-state index >= 15 is 0 Å². The van der Waals surface area contributed by atoms with Crippen molar-refractivity contribution in [2.24, 2.45) is 0 Å². The van der Waals surface area contributed by atoms with Crippen molar-refractivity contribution in [3.05, 3.63) is 24.3 Å². The Bertz CT molecular complexity index is 468. The van der Waals surface area contributed by atoms with E-state index in [-0.39, 0.29) is 18.5 Å². The number of rotatable bonds is 6. The van der Waals surface area contributed by atoms with E-state index in [1.165, 1.54) is 0 Å². The van der Waals surface area contributed by atoms with Crippen LogP contribution in [-0.2, 0) is 4.79 Å². The second kappa shape index (κ2) is 7.39. The SMILES string of the molecule is COc1ccccc1NC(=O)CN(C)C(C)CC#N. The Kier molecular flexibility index (Phi) is 5.83. The summed E-state index contributed by atoms with van der Waals surface area (Å²) in [6.07, 6.45) is 0.401. The highest BCUT2D eigenvalue weighted by molar-refractivity contribution is 5.93. The smallest absolute Gasteiger partial charge is 0.238 e. The fraction of sp³-hybridized carbons (Fsp3) is 0.429. The molecular formula is C14H19N3O2. The van der Waals surface area contributed by atoms with Crippen molar-refractivity contribution in [1.29, 1.82) is 5.26 Å². The van der Waals surface area contributed by atoms with Gasteiger partial charge in [0.25, 0.3) is 0 Å². The highest BCUT2D eigenvalue weighted by Crippen LogP contribution is 2.22. The number of ether oxygens (including phenoxy) is 1. The van der Waals surface area contributed by atoms with Gasteiger partial charge in [-0.05, 0) is 26.1 Å². The van der Waals surface area contributed by atoms with Gasteiger partial charge in [0.15, 0.2) is 0 Å². The van der Waals surface area contributed by atoms with Crippen LogP contribution in [0.4, 0.5) is 5.69 Å². The number of anilines is 1. The summed E-state index contributed by atoms with van der Waals surface area (Å²) in [7, 11) is 3.38. The van der Waals surface area contributed by atoms with Gasteiger partial charge in [-0.15, -0.1) is 0 Å². The zero-order chi connectivity index (χ0) is 14.3. The van der Waals surface area contributed by atoms with Gasteiger partial charge in [-0.2, -0.15) is 5.26 Å². The number of amides is 1. The summed E-state index contributed by atoms with van der Waals surface area (Å²) in [5.41, 5.74) is 0.649. The first-order valence-corrected chi connectivity index (χ1v) is 6.08. The molecule has 0 fully saturated rings. The molecule has 1 aromatic carbocycles. The van der Waals surface area contributed by atoms with Crippen LogP contribution >= 0.6 is 0 Å². The number of methoxy groups -OCH3 is 1. The predicted molar refractivity (Wildman–Crippen MR) is 73.9 cm³/mol. The molecule has 0 aliphatic heterocycles. The lowest BCUT2D eigenvalue weighted by Crippen LogP contribution is -2.36. The number of hydrogen-bond acceptors (Lipinski definition) is 4. The number of hydrogen-bond donors (Lipinski definition) is 1. The predicted octanol–water partition coefficient (Wildman–Crippen LogP) is 1.87. The lowest BCUT2D eigenvalue weighted by Gasteiger charge is -2.22. The van der Waals surface area contributed by atoms with Gasteiger partial charge in [-0.25, -0.2) is 0 Å². The number of nitriles is 1. The standard InChI is InChI=1S/C14H19N3O2/c1-11(8-9-15)17(2)10-14(18)16-12-6-4-5-7-13(12)19-3/h4-7,11H,8,10H2,1-3H3,(H,16,18). The van der Waals surface area contributed by atoms with Crippen molar-refractivity contribution >= 4 is 11.6 Å². The summed E-state index contributed by atoms with van der Waals surface area (Å²) in [4.78, 5) is 13.7. The third-order valence-electron chi connectivity index (χ3n) is 2.91. The summed E-state index contributed by atoms with van der Waals surface area (Å²) in [5.74, 6) is 0.500. The topological polar surface area (TPSA) is 65.4 Å². The molecule has 0 aliphatic rings. The Morgan fingerprint density at radius 1 is 1.53 bits per heavy atom.